The van der Waals surface area contributed by atoms with Crippen molar-refractivity contribution in [1.29, 1.82) is 0 Å². The minimum absolute atomic E-state index is 0.118. The van der Waals surface area contributed by atoms with Crippen LogP contribution in [0.2, 0.25) is 0 Å². The number of nitrogens with zero attached hydrogens (tertiary/aromatic N) is 3. The molecule has 4 rings (SSSR count). The molecule has 158 valence electrons. The second-order valence-electron chi connectivity index (χ2n) is 7.49. The first-order chi connectivity index (χ1) is 14.3. The molecule has 1 atom stereocenters. The van der Waals surface area contributed by atoms with Crippen molar-refractivity contribution in [3.63, 3.8) is 0 Å². The van der Waals surface area contributed by atoms with Crippen LogP contribution in [0, 0.1) is 5.92 Å². The standard InChI is InChI=1S/C19H21N5O5S/c1-24(10-13-2-6-15(7-3-13)29-16-8-20-12-21-9-16)30(27,28)11-19(14-4-5-14)17(25)22-18(26)23-19/h2-3,6-9,12,14H,4-5,10-11H2,1H3,(H2,22,23,25,26)/t19-/m0/s1. The lowest BCUT2D eigenvalue weighted by atomic mass is 9.96. The number of imide groups is 1. The van der Waals surface area contributed by atoms with Crippen molar-refractivity contribution in [2.24, 2.45) is 5.92 Å². The molecule has 30 heavy (non-hydrogen) atoms. The third kappa shape index (κ3) is 4.12. The van der Waals surface area contributed by atoms with Crippen molar-refractivity contribution in [2.45, 2.75) is 24.9 Å². The maximum Gasteiger partial charge on any atom is 0.322 e. The van der Waals surface area contributed by atoms with E-state index in [1.165, 1.54) is 30.1 Å². The van der Waals surface area contributed by atoms with Crippen LogP contribution in [0.3, 0.4) is 0 Å². The Bertz CT molecular complexity index is 1060. The summed E-state index contributed by atoms with van der Waals surface area (Å²) >= 11 is 0. The van der Waals surface area contributed by atoms with E-state index >= 15 is 0 Å². The molecule has 0 radical (unpaired) electrons. The van der Waals surface area contributed by atoms with Crippen molar-refractivity contribution in [3.05, 3.63) is 48.5 Å². The molecule has 2 N–H and O–H groups in total. The lowest BCUT2D eigenvalue weighted by Gasteiger charge is -2.28. The Kier molecular flexibility index (Phi) is 5.16. The van der Waals surface area contributed by atoms with Gasteiger partial charge in [0, 0.05) is 13.6 Å². The molecule has 2 aromatic rings. The van der Waals surface area contributed by atoms with Gasteiger partial charge in [-0.05, 0) is 36.5 Å². The van der Waals surface area contributed by atoms with E-state index in [-0.39, 0.29) is 12.5 Å². The van der Waals surface area contributed by atoms with E-state index < -0.39 is 33.3 Å². The van der Waals surface area contributed by atoms with E-state index in [2.05, 4.69) is 20.6 Å². The number of carbonyl (C=O) groups excluding carboxylic acids is 2. The van der Waals surface area contributed by atoms with Gasteiger partial charge in [0.1, 0.15) is 17.6 Å². The summed E-state index contributed by atoms with van der Waals surface area (Å²) in [6.45, 7) is 0.118. The van der Waals surface area contributed by atoms with Gasteiger partial charge in [-0.25, -0.2) is 27.5 Å². The summed E-state index contributed by atoms with van der Waals surface area (Å²) in [5.41, 5.74) is -0.641. The maximum absolute atomic E-state index is 12.9. The Hall–Kier alpha value is -3.05. The third-order valence-corrected chi connectivity index (χ3v) is 7.13. The molecule has 1 saturated heterocycles. The molecule has 10 nitrogen and oxygen atoms in total. The van der Waals surface area contributed by atoms with Gasteiger partial charge in [0.25, 0.3) is 5.91 Å². The van der Waals surface area contributed by atoms with Crippen LogP contribution in [0.15, 0.2) is 43.0 Å². The molecule has 3 amide bonds. The molecular formula is C19H21N5O5S. The quantitative estimate of drug-likeness (QED) is 0.597. The first-order valence-electron chi connectivity index (χ1n) is 9.38. The molecule has 1 aromatic carbocycles. The largest absolute Gasteiger partial charge is 0.454 e. The second-order valence-corrected chi connectivity index (χ2v) is 9.56. The Morgan fingerprint density at radius 2 is 1.80 bits per heavy atom. The van der Waals surface area contributed by atoms with E-state index in [1.807, 2.05) is 0 Å². The van der Waals surface area contributed by atoms with Crippen LogP contribution in [0.1, 0.15) is 18.4 Å². The molecule has 2 aliphatic rings. The van der Waals surface area contributed by atoms with E-state index in [4.69, 9.17) is 4.74 Å². The number of benzene rings is 1. The van der Waals surface area contributed by atoms with E-state index in [9.17, 15) is 18.0 Å². The molecule has 1 aromatic heterocycles. The van der Waals surface area contributed by atoms with Crippen molar-refractivity contribution >= 4 is 22.0 Å². The maximum atomic E-state index is 12.9. The van der Waals surface area contributed by atoms with Gasteiger partial charge in [0.15, 0.2) is 5.75 Å². The van der Waals surface area contributed by atoms with Crippen molar-refractivity contribution in [1.82, 2.24) is 24.9 Å². The zero-order chi connectivity index (χ0) is 21.4. The highest BCUT2D eigenvalue weighted by Crippen LogP contribution is 2.42. The number of hydrogen-bond acceptors (Lipinski definition) is 7. The van der Waals surface area contributed by atoms with Crippen LogP contribution in [0.25, 0.3) is 0 Å². The molecule has 1 saturated carbocycles. The number of rotatable bonds is 8. The molecule has 0 unspecified atom stereocenters. The number of urea groups is 1. The zero-order valence-electron chi connectivity index (χ0n) is 16.2. The number of ether oxygens (including phenoxy) is 1. The molecule has 1 aliphatic carbocycles. The molecule has 2 heterocycles. The molecule has 0 bridgehead atoms. The monoisotopic (exact) mass is 431 g/mol. The highest BCUT2D eigenvalue weighted by molar-refractivity contribution is 7.89. The SMILES string of the molecule is CN(Cc1ccc(Oc2cncnc2)cc1)S(=O)(=O)C[C@@]1(C2CC2)NC(=O)NC1=O. The third-order valence-electron chi connectivity index (χ3n) is 5.23. The average Bonchev–Trinajstić information content (AvgIpc) is 3.51. The fourth-order valence-corrected chi connectivity index (χ4v) is 5.06. The van der Waals surface area contributed by atoms with Gasteiger partial charge < -0.3 is 10.1 Å². The number of nitrogens with one attached hydrogen (secondary N) is 2. The highest BCUT2D eigenvalue weighted by Gasteiger charge is 2.58. The number of aromatic nitrogens is 2. The summed E-state index contributed by atoms with van der Waals surface area (Å²) in [6.07, 6.45) is 5.89. The van der Waals surface area contributed by atoms with Gasteiger partial charge in [0.2, 0.25) is 10.0 Å². The number of amides is 3. The van der Waals surface area contributed by atoms with Crippen LogP contribution in [0.5, 0.6) is 11.5 Å². The molecule has 0 spiro atoms. The summed E-state index contributed by atoms with van der Waals surface area (Å²) in [5, 5.41) is 4.72. The Labute approximate surface area is 173 Å². The predicted molar refractivity (Wildman–Crippen MR) is 106 cm³/mol. The lowest BCUT2D eigenvalue weighted by molar-refractivity contribution is -0.123. The van der Waals surface area contributed by atoms with Gasteiger partial charge in [0.05, 0.1) is 18.1 Å². The summed E-state index contributed by atoms with van der Waals surface area (Å²) in [4.78, 5) is 31.7. The van der Waals surface area contributed by atoms with Gasteiger partial charge in [-0.3, -0.25) is 10.1 Å². The van der Waals surface area contributed by atoms with E-state index in [1.54, 1.807) is 24.3 Å². The van der Waals surface area contributed by atoms with E-state index in [0.717, 1.165) is 5.56 Å². The van der Waals surface area contributed by atoms with Crippen LogP contribution < -0.4 is 15.4 Å². The molecular weight excluding hydrogens is 410 g/mol. The molecule has 11 heteroatoms. The Morgan fingerprint density at radius 3 is 2.37 bits per heavy atom. The second kappa shape index (κ2) is 7.65. The normalized spacial score (nSPS) is 21.4. The fourth-order valence-electron chi connectivity index (χ4n) is 3.48. The van der Waals surface area contributed by atoms with Crippen LogP contribution >= 0.6 is 0 Å². The first kappa shape index (κ1) is 20.2. The topological polar surface area (TPSA) is 131 Å². The highest BCUT2D eigenvalue weighted by atomic mass is 32.2. The van der Waals surface area contributed by atoms with Crippen LogP contribution in [0.4, 0.5) is 4.79 Å². The van der Waals surface area contributed by atoms with Crippen LogP contribution in [-0.4, -0.2) is 53.0 Å². The van der Waals surface area contributed by atoms with E-state index in [0.29, 0.717) is 24.3 Å². The summed E-state index contributed by atoms with van der Waals surface area (Å²) in [6, 6.07) is 6.31. The van der Waals surface area contributed by atoms with Crippen molar-refractivity contribution < 1.29 is 22.7 Å². The van der Waals surface area contributed by atoms with Gasteiger partial charge >= 0.3 is 6.03 Å². The van der Waals surface area contributed by atoms with Crippen LogP contribution in [-0.2, 0) is 21.4 Å². The molecule has 1 aliphatic heterocycles. The Morgan fingerprint density at radius 1 is 1.13 bits per heavy atom. The number of carbonyl (C=O) groups is 2. The summed E-state index contributed by atoms with van der Waals surface area (Å²) in [5.74, 6) is -0.137. The summed E-state index contributed by atoms with van der Waals surface area (Å²) < 4.78 is 32.7. The van der Waals surface area contributed by atoms with Gasteiger partial charge in [-0.15, -0.1) is 0 Å². The minimum Gasteiger partial charge on any atom is -0.454 e. The number of hydrogen-bond donors (Lipinski definition) is 2. The predicted octanol–water partition coefficient (Wildman–Crippen LogP) is 1.02. The van der Waals surface area contributed by atoms with Gasteiger partial charge in [-0.1, -0.05) is 12.1 Å². The van der Waals surface area contributed by atoms with Crippen molar-refractivity contribution in [2.75, 3.05) is 12.8 Å². The zero-order valence-corrected chi connectivity index (χ0v) is 17.1. The minimum atomic E-state index is -3.81. The molecule has 2 fully saturated rings. The fraction of sp³-hybridized carbons (Fsp3) is 0.368. The number of sulfonamides is 1. The lowest BCUT2D eigenvalue weighted by Crippen LogP contribution is -2.56. The van der Waals surface area contributed by atoms with Crippen molar-refractivity contribution in [3.8, 4) is 11.5 Å². The smallest absolute Gasteiger partial charge is 0.322 e. The summed E-state index contributed by atoms with van der Waals surface area (Å²) in [7, 11) is -2.36. The Balaban J connectivity index is 1.43. The van der Waals surface area contributed by atoms with Gasteiger partial charge in [-0.2, -0.15) is 0 Å². The first-order valence-corrected chi connectivity index (χ1v) is 11.0. The average molecular weight is 431 g/mol.